The number of rotatable bonds is 6. The Hall–Kier alpha value is -2.84. The Bertz CT molecular complexity index is 1340. The summed E-state index contributed by atoms with van der Waals surface area (Å²) < 4.78 is 12.6. The van der Waals surface area contributed by atoms with E-state index in [1.807, 2.05) is 36.4 Å². The van der Waals surface area contributed by atoms with Crippen LogP contribution in [0.25, 0.3) is 28.7 Å². The molecule has 34 heavy (non-hydrogen) atoms. The van der Waals surface area contributed by atoms with Crippen LogP contribution in [0, 0.1) is 0 Å². The van der Waals surface area contributed by atoms with Crippen LogP contribution in [0.1, 0.15) is 11.5 Å². The summed E-state index contributed by atoms with van der Waals surface area (Å²) >= 11 is 20.7. The van der Waals surface area contributed by atoms with Crippen LogP contribution in [-0.2, 0) is 11.3 Å². The zero-order valence-electron chi connectivity index (χ0n) is 17.5. The number of carbonyl (C=O) groups excluding carboxylic acids is 1. The molecule has 0 aliphatic rings. The lowest BCUT2D eigenvalue weighted by Crippen LogP contribution is -2.37. The predicted octanol–water partition coefficient (Wildman–Crippen LogP) is 7.48. The van der Waals surface area contributed by atoms with Crippen LogP contribution < -0.4 is 10.6 Å². The predicted molar refractivity (Wildman–Crippen MR) is 143 cm³/mol. The minimum Gasteiger partial charge on any atom is -0.459 e. The zero-order chi connectivity index (χ0) is 24.1. The van der Waals surface area contributed by atoms with Gasteiger partial charge >= 0.3 is 0 Å². The lowest BCUT2D eigenvalue weighted by Gasteiger charge is -2.06. The molecular weight excluding hydrogens is 559 g/mol. The highest BCUT2D eigenvalue weighted by Crippen LogP contribution is 2.29. The number of thiocarbonyl (C=S) groups is 1. The average molecular weight is 576 g/mol. The van der Waals surface area contributed by atoms with Crippen molar-refractivity contribution in [3.8, 4) is 22.6 Å². The normalized spacial score (nSPS) is 11.0. The van der Waals surface area contributed by atoms with Gasteiger partial charge in [0.1, 0.15) is 23.0 Å². The van der Waals surface area contributed by atoms with Crippen molar-refractivity contribution in [2.24, 2.45) is 0 Å². The molecule has 0 spiro atoms. The Kier molecular flexibility index (Phi) is 7.90. The van der Waals surface area contributed by atoms with Gasteiger partial charge in [-0.05, 0) is 72.9 Å². The second kappa shape index (κ2) is 11.1. The molecule has 4 aromatic rings. The zero-order valence-corrected chi connectivity index (χ0v) is 21.4. The van der Waals surface area contributed by atoms with E-state index >= 15 is 0 Å². The molecule has 172 valence electrons. The molecule has 1 amide bonds. The quantitative estimate of drug-likeness (QED) is 0.184. The first kappa shape index (κ1) is 24.3. The molecular formula is C25H17BrCl2N2O3S. The van der Waals surface area contributed by atoms with Gasteiger partial charge in [0, 0.05) is 31.7 Å². The molecule has 0 fully saturated rings. The van der Waals surface area contributed by atoms with Gasteiger partial charge in [0.25, 0.3) is 0 Å². The van der Waals surface area contributed by atoms with Crippen LogP contribution in [0.15, 0.2) is 86.1 Å². The summed E-state index contributed by atoms with van der Waals surface area (Å²) in [6.45, 7) is 0.336. The van der Waals surface area contributed by atoms with Crippen LogP contribution in [-0.4, -0.2) is 11.0 Å². The molecule has 0 radical (unpaired) electrons. The third-order valence-corrected chi connectivity index (χ3v) is 5.83. The molecule has 2 heterocycles. The number of benzene rings is 2. The maximum absolute atomic E-state index is 12.2. The van der Waals surface area contributed by atoms with Crippen molar-refractivity contribution < 1.29 is 13.6 Å². The third kappa shape index (κ3) is 6.61. The van der Waals surface area contributed by atoms with Gasteiger partial charge in [-0.25, -0.2) is 0 Å². The Labute approximate surface area is 219 Å². The lowest BCUT2D eigenvalue weighted by molar-refractivity contribution is -0.115. The lowest BCUT2D eigenvalue weighted by atomic mass is 10.2. The summed E-state index contributed by atoms with van der Waals surface area (Å²) in [5, 5.41) is 6.75. The monoisotopic (exact) mass is 574 g/mol. The van der Waals surface area contributed by atoms with E-state index in [0.29, 0.717) is 33.9 Å². The largest absolute Gasteiger partial charge is 0.459 e. The van der Waals surface area contributed by atoms with Crippen molar-refractivity contribution in [2.75, 3.05) is 0 Å². The van der Waals surface area contributed by atoms with E-state index in [9.17, 15) is 4.79 Å². The number of amides is 1. The van der Waals surface area contributed by atoms with Crippen LogP contribution in [0.5, 0.6) is 0 Å². The van der Waals surface area contributed by atoms with Gasteiger partial charge in [-0.1, -0.05) is 51.3 Å². The van der Waals surface area contributed by atoms with E-state index in [1.54, 1.807) is 36.4 Å². The fraction of sp³-hybridized carbons (Fsp3) is 0.0400. The van der Waals surface area contributed by atoms with E-state index in [1.165, 1.54) is 6.08 Å². The van der Waals surface area contributed by atoms with Crippen molar-refractivity contribution in [2.45, 2.75) is 6.54 Å². The molecule has 0 atom stereocenters. The van der Waals surface area contributed by atoms with Gasteiger partial charge in [0.05, 0.1) is 6.54 Å². The van der Waals surface area contributed by atoms with Crippen molar-refractivity contribution in [1.29, 1.82) is 0 Å². The number of hydrogen-bond donors (Lipinski definition) is 2. The van der Waals surface area contributed by atoms with Gasteiger partial charge in [0.2, 0.25) is 5.91 Å². The summed E-state index contributed by atoms with van der Waals surface area (Å²) in [7, 11) is 0. The smallest absolute Gasteiger partial charge is 0.250 e. The first-order valence-electron chi connectivity index (χ1n) is 10.0. The van der Waals surface area contributed by atoms with Crippen LogP contribution in [0.3, 0.4) is 0 Å². The molecule has 9 heteroatoms. The van der Waals surface area contributed by atoms with Crippen LogP contribution >= 0.6 is 51.3 Å². The highest BCUT2D eigenvalue weighted by Gasteiger charge is 2.08. The van der Waals surface area contributed by atoms with Gasteiger partial charge in [-0.2, -0.15) is 0 Å². The van der Waals surface area contributed by atoms with E-state index in [0.717, 1.165) is 21.4 Å². The Morgan fingerprint density at radius 2 is 1.59 bits per heavy atom. The third-order valence-electron chi connectivity index (χ3n) is 4.62. The molecule has 5 nitrogen and oxygen atoms in total. The summed E-state index contributed by atoms with van der Waals surface area (Å²) in [4.78, 5) is 12.2. The minimum atomic E-state index is -0.392. The first-order valence-corrected chi connectivity index (χ1v) is 12.0. The topological polar surface area (TPSA) is 67.4 Å². The number of hydrogen-bond acceptors (Lipinski definition) is 4. The summed E-state index contributed by atoms with van der Waals surface area (Å²) in [6, 6.07) is 20.2. The number of halogens is 3. The van der Waals surface area contributed by atoms with E-state index in [4.69, 9.17) is 44.3 Å². The fourth-order valence-electron chi connectivity index (χ4n) is 3.06. The SMILES string of the molecule is O=C(/C=C/c1ccc(-c2cc(Cl)cc(Cl)c2)o1)NC(=S)NCc1ccc(-c2ccc(Br)cc2)o1. The molecule has 0 unspecified atom stereocenters. The molecule has 0 aliphatic carbocycles. The molecule has 0 bridgehead atoms. The summed E-state index contributed by atoms with van der Waals surface area (Å²) in [6.07, 6.45) is 2.88. The second-order valence-electron chi connectivity index (χ2n) is 7.14. The van der Waals surface area contributed by atoms with E-state index < -0.39 is 5.91 Å². The molecule has 0 aliphatic heterocycles. The van der Waals surface area contributed by atoms with Crippen molar-refractivity contribution >= 4 is 68.4 Å². The highest BCUT2D eigenvalue weighted by molar-refractivity contribution is 9.10. The standard InChI is InChI=1S/C25H17BrCl2N2O3S/c26-17-3-1-15(2-4-17)22-9-6-21(33-22)14-29-25(34)30-24(31)10-7-20-5-8-23(32-20)16-11-18(27)13-19(28)12-16/h1-13H,14H2,(H2,29,30,31,34)/b10-7+. The van der Waals surface area contributed by atoms with E-state index in [-0.39, 0.29) is 5.11 Å². The summed E-state index contributed by atoms with van der Waals surface area (Å²) in [5.74, 6) is 2.13. The van der Waals surface area contributed by atoms with Gasteiger partial charge in [-0.3, -0.25) is 10.1 Å². The molecule has 0 saturated heterocycles. The molecule has 2 aromatic heterocycles. The molecule has 2 N–H and O–H groups in total. The second-order valence-corrected chi connectivity index (χ2v) is 9.34. The molecule has 4 rings (SSSR count). The minimum absolute atomic E-state index is 0.185. The first-order chi connectivity index (χ1) is 16.4. The maximum atomic E-state index is 12.2. The fourth-order valence-corrected chi connectivity index (χ4v) is 4.02. The molecule has 2 aromatic carbocycles. The number of nitrogens with one attached hydrogen (secondary N) is 2. The van der Waals surface area contributed by atoms with Crippen molar-refractivity contribution in [1.82, 2.24) is 10.6 Å². The van der Waals surface area contributed by atoms with Crippen molar-refractivity contribution in [3.05, 3.63) is 98.8 Å². The van der Waals surface area contributed by atoms with Gasteiger partial charge in [0.15, 0.2) is 5.11 Å². The highest BCUT2D eigenvalue weighted by atomic mass is 79.9. The van der Waals surface area contributed by atoms with Crippen molar-refractivity contribution in [3.63, 3.8) is 0 Å². The van der Waals surface area contributed by atoms with Crippen LogP contribution in [0.2, 0.25) is 10.0 Å². The number of furan rings is 2. The summed E-state index contributed by atoms with van der Waals surface area (Å²) in [5.41, 5.74) is 1.71. The Balaban J connectivity index is 1.28. The Morgan fingerprint density at radius 1 is 0.912 bits per heavy atom. The average Bonchev–Trinajstić information content (AvgIpc) is 3.46. The van der Waals surface area contributed by atoms with Gasteiger partial charge < -0.3 is 14.2 Å². The van der Waals surface area contributed by atoms with Crippen LogP contribution in [0.4, 0.5) is 0 Å². The molecule has 0 saturated carbocycles. The maximum Gasteiger partial charge on any atom is 0.250 e. The Morgan fingerprint density at radius 3 is 2.32 bits per heavy atom. The number of carbonyl (C=O) groups is 1. The van der Waals surface area contributed by atoms with Gasteiger partial charge in [-0.15, -0.1) is 0 Å². The van der Waals surface area contributed by atoms with E-state index in [2.05, 4.69) is 26.6 Å².